The van der Waals surface area contributed by atoms with Crippen molar-refractivity contribution in [2.24, 2.45) is 0 Å². The normalized spacial score (nSPS) is 11.7. The Hall–Kier alpha value is -2.35. The van der Waals surface area contributed by atoms with E-state index in [2.05, 4.69) is 10.2 Å². The molecule has 0 unspecified atom stereocenters. The van der Waals surface area contributed by atoms with Gasteiger partial charge in [0.05, 0.1) is 10.8 Å². The number of rotatable bonds is 6. The molecule has 2 heterocycles. The van der Waals surface area contributed by atoms with Crippen LogP contribution >= 0.6 is 34.7 Å². The van der Waals surface area contributed by atoms with Crippen molar-refractivity contribution in [1.82, 2.24) is 15.1 Å². The SMILES string of the molecule is CC(C)(C)N(Cc1ccccc1)C(=O)CSc1nnc(-c2sc3ccccc3c2Cl)o1. The van der Waals surface area contributed by atoms with Gasteiger partial charge in [0.2, 0.25) is 5.91 Å². The van der Waals surface area contributed by atoms with Gasteiger partial charge in [-0.1, -0.05) is 71.9 Å². The third kappa shape index (κ3) is 4.95. The van der Waals surface area contributed by atoms with Crippen molar-refractivity contribution in [1.29, 1.82) is 0 Å². The first-order valence-electron chi connectivity index (χ1n) is 9.81. The number of carbonyl (C=O) groups excluding carboxylic acids is 1. The van der Waals surface area contributed by atoms with E-state index in [4.69, 9.17) is 16.0 Å². The van der Waals surface area contributed by atoms with Gasteiger partial charge in [-0.05, 0) is 32.4 Å². The standard InChI is InChI=1S/C23H22ClN3O2S2/c1-23(2,3)27(13-15-9-5-4-6-10-15)18(28)14-30-22-26-25-21(29-22)20-19(24)16-11-7-8-12-17(16)31-20/h4-12H,13-14H2,1-3H3. The number of aromatic nitrogens is 2. The van der Waals surface area contributed by atoms with Crippen LogP contribution in [0.25, 0.3) is 20.9 Å². The molecule has 0 saturated carbocycles. The molecule has 0 atom stereocenters. The molecule has 0 spiro atoms. The van der Waals surface area contributed by atoms with Crippen LogP contribution in [0.3, 0.4) is 0 Å². The molecule has 2 aromatic carbocycles. The summed E-state index contributed by atoms with van der Waals surface area (Å²) in [6.07, 6.45) is 0. The topological polar surface area (TPSA) is 59.2 Å². The number of hydrogen-bond donors (Lipinski definition) is 0. The first-order chi connectivity index (χ1) is 14.8. The summed E-state index contributed by atoms with van der Waals surface area (Å²) in [5.74, 6) is 0.602. The molecule has 0 fully saturated rings. The molecule has 8 heteroatoms. The van der Waals surface area contributed by atoms with Gasteiger partial charge in [-0.25, -0.2) is 0 Å². The molecule has 0 N–H and O–H groups in total. The molecular formula is C23H22ClN3O2S2. The van der Waals surface area contributed by atoms with E-state index < -0.39 is 0 Å². The Balaban J connectivity index is 1.46. The molecule has 160 valence electrons. The number of halogens is 1. The Labute approximate surface area is 194 Å². The molecule has 31 heavy (non-hydrogen) atoms. The van der Waals surface area contributed by atoms with Crippen molar-refractivity contribution in [3.05, 3.63) is 65.2 Å². The fourth-order valence-electron chi connectivity index (χ4n) is 3.18. The maximum Gasteiger partial charge on any atom is 0.277 e. The number of carbonyl (C=O) groups is 1. The van der Waals surface area contributed by atoms with Crippen LogP contribution in [0.15, 0.2) is 64.2 Å². The predicted molar refractivity (Wildman–Crippen MR) is 128 cm³/mol. The van der Waals surface area contributed by atoms with E-state index in [9.17, 15) is 4.79 Å². The Morgan fingerprint density at radius 2 is 1.81 bits per heavy atom. The van der Waals surface area contributed by atoms with Crippen LogP contribution in [0.5, 0.6) is 0 Å². The van der Waals surface area contributed by atoms with Gasteiger partial charge < -0.3 is 9.32 Å². The van der Waals surface area contributed by atoms with Crippen LogP contribution in [0.2, 0.25) is 5.02 Å². The van der Waals surface area contributed by atoms with E-state index in [-0.39, 0.29) is 17.2 Å². The van der Waals surface area contributed by atoms with E-state index in [1.807, 2.05) is 80.3 Å². The third-order valence-corrected chi connectivity index (χ3v) is 7.22. The lowest BCUT2D eigenvalue weighted by molar-refractivity contribution is -0.133. The fraction of sp³-hybridized carbons (Fsp3) is 0.261. The van der Waals surface area contributed by atoms with Crippen LogP contribution < -0.4 is 0 Å². The number of nitrogens with zero attached hydrogens (tertiary/aromatic N) is 3. The minimum atomic E-state index is -0.307. The average Bonchev–Trinajstić information content (AvgIpc) is 3.35. The molecule has 2 aromatic heterocycles. The van der Waals surface area contributed by atoms with Gasteiger partial charge in [-0.3, -0.25) is 4.79 Å². The molecule has 0 aliphatic heterocycles. The number of benzene rings is 2. The van der Waals surface area contributed by atoms with Gasteiger partial charge in [0.25, 0.3) is 11.1 Å². The first kappa shape index (κ1) is 21.9. The quantitative estimate of drug-likeness (QED) is 0.299. The van der Waals surface area contributed by atoms with Crippen LogP contribution in [0.4, 0.5) is 0 Å². The first-order valence-corrected chi connectivity index (χ1v) is 12.0. The molecule has 0 bridgehead atoms. The Morgan fingerprint density at radius 3 is 2.52 bits per heavy atom. The summed E-state index contributed by atoms with van der Waals surface area (Å²) < 4.78 is 6.87. The highest BCUT2D eigenvalue weighted by Crippen LogP contribution is 2.41. The zero-order valence-corrected chi connectivity index (χ0v) is 19.9. The van der Waals surface area contributed by atoms with Gasteiger partial charge in [-0.15, -0.1) is 21.5 Å². The maximum absolute atomic E-state index is 13.0. The smallest absolute Gasteiger partial charge is 0.277 e. The monoisotopic (exact) mass is 471 g/mol. The summed E-state index contributed by atoms with van der Waals surface area (Å²) in [5, 5.41) is 10.2. The van der Waals surface area contributed by atoms with Crippen molar-refractivity contribution in [3.63, 3.8) is 0 Å². The molecule has 0 aliphatic carbocycles. The lowest BCUT2D eigenvalue weighted by atomic mass is 10.0. The number of amides is 1. The summed E-state index contributed by atoms with van der Waals surface area (Å²) >= 11 is 9.27. The highest BCUT2D eigenvalue weighted by Gasteiger charge is 2.27. The van der Waals surface area contributed by atoms with Gasteiger partial charge in [-0.2, -0.15) is 0 Å². The van der Waals surface area contributed by atoms with E-state index >= 15 is 0 Å². The highest BCUT2D eigenvalue weighted by atomic mass is 35.5. The Bertz CT molecular complexity index is 1200. The zero-order valence-electron chi connectivity index (χ0n) is 17.5. The van der Waals surface area contributed by atoms with E-state index in [1.54, 1.807) is 0 Å². The fourth-order valence-corrected chi connectivity index (χ4v) is 5.25. The van der Waals surface area contributed by atoms with Crippen molar-refractivity contribution in [2.75, 3.05) is 5.75 Å². The summed E-state index contributed by atoms with van der Waals surface area (Å²) in [6.45, 7) is 6.66. The summed E-state index contributed by atoms with van der Waals surface area (Å²) in [6, 6.07) is 17.9. The van der Waals surface area contributed by atoms with Crippen LogP contribution in [-0.2, 0) is 11.3 Å². The van der Waals surface area contributed by atoms with E-state index in [1.165, 1.54) is 23.1 Å². The zero-order chi connectivity index (χ0) is 22.0. The van der Waals surface area contributed by atoms with Gasteiger partial charge in [0, 0.05) is 22.2 Å². The van der Waals surface area contributed by atoms with Crippen molar-refractivity contribution in [2.45, 2.75) is 38.1 Å². The van der Waals surface area contributed by atoms with Gasteiger partial charge in [0.1, 0.15) is 4.88 Å². The van der Waals surface area contributed by atoms with Crippen LogP contribution in [-0.4, -0.2) is 32.3 Å². The molecule has 1 amide bonds. The number of thioether (sulfide) groups is 1. The number of fused-ring (bicyclic) bond motifs is 1. The molecular weight excluding hydrogens is 450 g/mol. The predicted octanol–water partition coefficient (Wildman–Crippen LogP) is 6.52. The minimum absolute atomic E-state index is 0.0148. The van der Waals surface area contributed by atoms with Crippen molar-refractivity contribution in [3.8, 4) is 10.8 Å². The highest BCUT2D eigenvalue weighted by molar-refractivity contribution is 7.99. The number of hydrogen-bond acceptors (Lipinski definition) is 6. The lowest BCUT2D eigenvalue weighted by Gasteiger charge is -2.35. The second-order valence-electron chi connectivity index (χ2n) is 8.04. The molecule has 0 saturated heterocycles. The van der Waals surface area contributed by atoms with Gasteiger partial charge >= 0.3 is 0 Å². The summed E-state index contributed by atoms with van der Waals surface area (Å²) in [5.41, 5.74) is 0.785. The second-order valence-corrected chi connectivity index (χ2v) is 10.4. The van der Waals surface area contributed by atoms with Crippen LogP contribution in [0, 0.1) is 0 Å². The van der Waals surface area contributed by atoms with Crippen LogP contribution in [0.1, 0.15) is 26.3 Å². The minimum Gasteiger partial charge on any atom is -0.410 e. The van der Waals surface area contributed by atoms with Crippen molar-refractivity contribution < 1.29 is 9.21 Å². The molecule has 4 rings (SSSR count). The van der Waals surface area contributed by atoms with E-state index in [0.29, 0.717) is 22.7 Å². The molecule has 0 aliphatic rings. The maximum atomic E-state index is 13.0. The average molecular weight is 472 g/mol. The van der Waals surface area contributed by atoms with Crippen molar-refractivity contribution >= 4 is 50.7 Å². The summed E-state index contributed by atoms with van der Waals surface area (Å²) in [4.78, 5) is 15.6. The van der Waals surface area contributed by atoms with E-state index in [0.717, 1.165) is 20.5 Å². The van der Waals surface area contributed by atoms with Gasteiger partial charge in [0.15, 0.2) is 0 Å². The lowest BCUT2D eigenvalue weighted by Crippen LogP contribution is -2.45. The second kappa shape index (κ2) is 9.02. The number of thiophene rings is 1. The molecule has 4 aromatic rings. The largest absolute Gasteiger partial charge is 0.410 e. The Kier molecular flexibility index (Phi) is 6.36. The third-order valence-electron chi connectivity index (χ3n) is 4.75. The Morgan fingerprint density at radius 1 is 1.10 bits per heavy atom. The summed E-state index contributed by atoms with van der Waals surface area (Å²) in [7, 11) is 0. The molecule has 5 nitrogen and oxygen atoms in total. The molecule has 0 radical (unpaired) electrons.